The summed E-state index contributed by atoms with van der Waals surface area (Å²) in [6.45, 7) is 5.72. The first-order valence-electron chi connectivity index (χ1n) is 6.18. The fraction of sp³-hybridized carbons (Fsp3) is 0.750. The molecule has 1 heterocycles. The van der Waals surface area contributed by atoms with E-state index in [1.807, 2.05) is 6.92 Å². The van der Waals surface area contributed by atoms with Gasteiger partial charge in [0, 0.05) is 6.54 Å². The number of nitrogens with zero attached hydrogens (tertiary/aromatic N) is 1. The van der Waals surface area contributed by atoms with Crippen LogP contribution in [0.4, 0.5) is 4.79 Å². The standard InChI is InChI=1S/C12H20N2O4/c1-4-5-8-18-9(15)6-7-14-10(16)12(2,3)13-11(14)17/h4-8H2,1-3H3,(H,13,17). The second kappa shape index (κ2) is 5.84. The monoisotopic (exact) mass is 256 g/mol. The Labute approximate surface area is 107 Å². The van der Waals surface area contributed by atoms with E-state index in [2.05, 4.69) is 5.32 Å². The molecule has 0 aromatic heterocycles. The van der Waals surface area contributed by atoms with Gasteiger partial charge in [-0.1, -0.05) is 13.3 Å². The Morgan fingerprint density at radius 1 is 1.39 bits per heavy atom. The van der Waals surface area contributed by atoms with Crippen molar-refractivity contribution >= 4 is 17.9 Å². The fourth-order valence-electron chi connectivity index (χ4n) is 1.63. The van der Waals surface area contributed by atoms with Crippen LogP contribution in [0.15, 0.2) is 0 Å². The Balaban J connectivity index is 2.38. The van der Waals surface area contributed by atoms with Gasteiger partial charge in [0.2, 0.25) is 0 Å². The van der Waals surface area contributed by atoms with Gasteiger partial charge in [-0.05, 0) is 20.3 Å². The first kappa shape index (κ1) is 14.5. The van der Waals surface area contributed by atoms with Crippen molar-refractivity contribution in [3.63, 3.8) is 0 Å². The number of amides is 3. The lowest BCUT2D eigenvalue weighted by Crippen LogP contribution is -2.40. The molecule has 18 heavy (non-hydrogen) atoms. The molecule has 0 atom stereocenters. The van der Waals surface area contributed by atoms with E-state index in [4.69, 9.17) is 4.74 Å². The van der Waals surface area contributed by atoms with E-state index in [0.29, 0.717) is 6.61 Å². The van der Waals surface area contributed by atoms with E-state index in [9.17, 15) is 14.4 Å². The zero-order chi connectivity index (χ0) is 13.8. The van der Waals surface area contributed by atoms with Gasteiger partial charge in [-0.2, -0.15) is 0 Å². The predicted octanol–water partition coefficient (Wildman–Crippen LogP) is 1.05. The molecule has 0 spiro atoms. The molecule has 0 saturated carbocycles. The van der Waals surface area contributed by atoms with Gasteiger partial charge in [0.05, 0.1) is 13.0 Å². The molecule has 1 saturated heterocycles. The molecule has 1 aliphatic heterocycles. The molecule has 1 aliphatic rings. The van der Waals surface area contributed by atoms with Gasteiger partial charge in [0.25, 0.3) is 5.91 Å². The average molecular weight is 256 g/mol. The molecule has 0 radical (unpaired) electrons. The molecule has 6 nitrogen and oxygen atoms in total. The van der Waals surface area contributed by atoms with E-state index in [0.717, 1.165) is 17.7 Å². The van der Waals surface area contributed by atoms with Crippen LogP contribution in [0.25, 0.3) is 0 Å². The Morgan fingerprint density at radius 3 is 2.56 bits per heavy atom. The maximum atomic E-state index is 11.8. The number of ether oxygens (including phenoxy) is 1. The van der Waals surface area contributed by atoms with Crippen LogP contribution in [-0.2, 0) is 14.3 Å². The Kier molecular flexibility index (Phi) is 4.69. The minimum absolute atomic E-state index is 0.0406. The summed E-state index contributed by atoms with van der Waals surface area (Å²) in [5, 5.41) is 2.55. The van der Waals surface area contributed by atoms with Crippen LogP contribution in [0.5, 0.6) is 0 Å². The summed E-state index contributed by atoms with van der Waals surface area (Å²) in [5.74, 6) is -0.692. The SMILES string of the molecule is CCCCOC(=O)CCN1C(=O)NC(C)(C)C1=O. The van der Waals surface area contributed by atoms with Crippen LogP contribution < -0.4 is 5.32 Å². The van der Waals surface area contributed by atoms with Gasteiger partial charge in [-0.25, -0.2) is 4.79 Å². The number of esters is 1. The second-order valence-corrected chi connectivity index (χ2v) is 4.84. The topological polar surface area (TPSA) is 75.7 Å². The smallest absolute Gasteiger partial charge is 0.325 e. The summed E-state index contributed by atoms with van der Waals surface area (Å²) in [6.07, 6.45) is 1.81. The van der Waals surface area contributed by atoms with Gasteiger partial charge in [-0.3, -0.25) is 14.5 Å². The lowest BCUT2D eigenvalue weighted by molar-refractivity contribution is -0.144. The average Bonchev–Trinajstić information content (AvgIpc) is 2.47. The number of carbonyl (C=O) groups excluding carboxylic acids is 3. The largest absolute Gasteiger partial charge is 0.466 e. The Morgan fingerprint density at radius 2 is 2.06 bits per heavy atom. The number of carbonyl (C=O) groups is 3. The van der Waals surface area contributed by atoms with Crippen LogP contribution in [-0.4, -0.2) is 41.5 Å². The summed E-state index contributed by atoms with van der Waals surface area (Å²) in [7, 11) is 0. The van der Waals surface area contributed by atoms with Crippen LogP contribution >= 0.6 is 0 Å². The molecule has 0 aromatic rings. The van der Waals surface area contributed by atoms with E-state index in [1.54, 1.807) is 13.8 Å². The zero-order valence-electron chi connectivity index (χ0n) is 11.1. The van der Waals surface area contributed by atoms with Crippen LogP contribution in [0.1, 0.15) is 40.0 Å². The zero-order valence-corrected chi connectivity index (χ0v) is 11.1. The molecule has 0 unspecified atom stereocenters. The van der Waals surface area contributed by atoms with Crippen molar-refractivity contribution in [3.8, 4) is 0 Å². The Bertz CT molecular complexity index is 352. The van der Waals surface area contributed by atoms with Crippen molar-refractivity contribution in [2.75, 3.05) is 13.2 Å². The van der Waals surface area contributed by atoms with Crippen LogP contribution in [0.3, 0.4) is 0 Å². The highest BCUT2D eigenvalue weighted by Crippen LogP contribution is 2.16. The summed E-state index contributed by atoms with van der Waals surface area (Å²) in [4.78, 5) is 35.7. The normalized spacial score (nSPS) is 17.8. The number of hydrogen-bond acceptors (Lipinski definition) is 4. The van der Waals surface area contributed by atoms with Crippen molar-refractivity contribution in [3.05, 3.63) is 0 Å². The summed E-state index contributed by atoms with van der Waals surface area (Å²) in [6, 6.07) is -0.452. The van der Waals surface area contributed by atoms with Crippen LogP contribution in [0, 0.1) is 0 Å². The number of imide groups is 1. The summed E-state index contributed by atoms with van der Waals surface area (Å²) in [5.41, 5.74) is -0.886. The highest BCUT2D eigenvalue weighted by molar-refractivity contribution is 6.06. The minimum Gasteiger partial charge on any atom is -0.466 e. The number of urea groups is 1. The summed E-state index contributed by atoms with van der Waals surface area (Å²) >= 11 is 0. The highest BCUT2D eigenvalue weighted by Gasteiger charge is 2.44. The van der Waals surface area contributed by atoms with Crippen molar-refractivity contribution in [2.45, 2.75) is 45.6 Å². The van der Waals surface area contributed by atoms with Crippen molar-refractivity contribution in [1.29, 1.82) is 0 Å². The molecule has 6 heteroatoms. The van der Waals surface area contributed by atoms with E-state index in [1.165, 1.54) is 0 Å². The number of nitrogens with one attached hydrogen (secondary N) is 1. The third-order valence-corrected chi connectivity index (χ3v) is 2.74. The minimum atomic E-state index is -0.886. The first-order valence-corrected chi connectivity index (χ1v) is 6.18. The molecular formula is C12H20N2O4. The molecule has 1 N–H and O–H groups in total. The van der Waals surface area contributed by atoms with Crippen molar-refractivity contribution < 1.29 is 19.1 Å². The number of rotatable bonds is 6. The van der Waals surface area contributed by atoms with Crippen LogP contribution in [0.2, 0.25) is 0 Å². The van der Waals surface area contributed by atoms with Gasteiger partial charge >= 0.3 is 12.0 Å². The molecule has 3 amide bonds. The highest BCUT2D eigenvalue weighted by atomic mass is 16.5. The van der Waals surface area contributed by atoms with E-state index < -0.39 is 11.6 Å². The lowest BCUT2D eigenvalue weighted by Gasteiger charge is -2.15. The van der Waals surface area contributed by atoms with Gasteiger partial charge < -0.3 is 10.1 Å². The molecule has 0 aliphatic carbocycles. The van der Waals surface area contributed by atoms with E-state index in [-0.39, 0.29) is 24.8 Å². The summed E-state index contributed by atoms with van der Waals surface area (Å²) < 4.78 is 4.96. The van der Waals surface area contributed by atoms with E-state index >= 15 is 0 Å². The molecule has 0 aromatic carbocycles. The number of unbranched alkanes of at least 4 members (excludes halogenated alkanes) is 1. The second-order valence-electron chi connectivity index (χ2n) is 4.84. The molecular weight excluding hydrogens is 236 g/mol. The predicted molar refractivity (Wildman–Crippen MR) is 64.8 cm³/mol. The lowest BCUT2D eigenvalue weighted by atomic mass is 10.1. The molecule has 0 bridgehead atoms. The maximum absolute atomic E-state index is 11.8. The molecule has 1 rings (SSSR count). The first-order chi connectivity index (χ1) is 8.38. The quantitative estimate of drug-likeness (QED) is 0.438. The van der Waals surface area contributed by atoms with Gasteiger partial charge in [0.15, 0.2) is 0 Å². The molecule has 102 valence electrons. The third-order valence-electron chi connectivity index (χ3n) is 2.74. The van der Waals surface area contributed by atoms with Gasteiger partial charge in [0.1, 0.15) is 5.54 Å². The third kappa shape index (κ3) is 3.45. The van der Waals surface area contributed by atoms with Crippen molar-refractivity contribution in [2.24, 2.45) is 0 Å². The molecule has 1 fully saturated rings. The number of hydrogen-bond donors (Lipinski definition) is 1. The van der Waals surface area contributed by atoms with Gasteiger partial charge in [-0.15, -0.1) is 0 Å². The fourth-order valence-corrected chi connectivity index (χ4v) is 1.63. The van der Waals surface area contributed by atoms with Crippen molar-refractivity contribution in [1.82, 2.24) is 10.2 Å². The Hall–Kier alpha value is -1.59. The maximum Gasteiger partial charge on any atom is 0.325 e.